The number of nitrogens with zero attached hydrogens (tertiary/aromatic N) is 1. The Kier molecular flexibility index (Phi) is 5.42. The number of benzene rings is 1. The summed E-state index contributed by atoms with van der Waals surface area (Å²) in [7, 11) is 1.69. The van der Waals surface area contributed by atoms with Gasteiger partial charge in [-0.1, -0.05) is 25.1 Å². The Morgan fingerprint density at radius 3 is 2.57 bits per heavy atom. The van der Waals surface area contributed by atoms with Crippen molar-refractivity contribution in [2.45, 2.75) is 32.5 Å². The summed E-state index contributed by atoms with van der Waals surface area (Å²) in [6, 6.07) is 12.0. The van der Waals surface area contributed by atoms with Gasteiger partial charge in [0.1, 0.15) is 11.5 Å². The number of furan rings is 1. The van der Waals surface area contributed by atoms with Crippen LogP contribution in [0.4, 0.5) is 0 Å². The van der Waals surface area contributed by atoms with Crippen molar-refractivity contribution in [2.24, 2.45) is 5.73 Å². The van der Waals surface area contributed by atoms with E-state index in [1.807, 2.05) is 37.3 Å². The standard InChI is InChI=1S/C17H24N2O2/c1-4-19(12-14-8-7-11-21-14)17(13(2)18)15-9-5-6-10-16(15)20-3/h5-11,13,17H,4,12,18H2,1-3H3. The van der Waals surface area contributed by atoms with Gasteiger partial charge in [0.25, 0.3) is 0 Å². The molecule has 0 bridgehead atoms. The van der Waals surface area contributed by atoms with Gasteiger partial charge < -0.3 is 14.9 Å². The van der Waals surface area contributed by atoms with Gasteiger partial charge in [0, 0.05) is 11.6 Å². The molecule has 0 radical (unpaired) electrons. The average molecular weight is 288 g/mol. The first-order chi connectivity index (χ1) is 10.2. The molecule has 0 saturated carbocycles. The summed E-state index contributed by atoms with van der Waals surface area (Å²) in [4.78, 5) is 2.31. The minimum Gasteiger partial charge on any atom is -0.496 e. The molecule has 0 saturated heterocycles. The Morgan fingerprint density at radius 1 is 1.24 bits per heavy atom. The minimum absolute atomic E-state index is 0.0174. The van der Waals surface area contributed by atoms with Crippen molar-refractivity contribution < 1.29 is 9.15 Å². The Labute approximate surface area is 126 Å². The van der Waals surface area contributed by atoms with Crippen molar-refractivity contribution in [3.63, 3.8) is 0 Å². The second kappa shape index (κ2) is 7.29. The molecule has 0 aliphatic rings. The van der Waals surface area contributed by atoms with E-state index in [4.69, 9.17) is 14.9 Å². The summed E-state index contributed by atoms with van der Waals surface area (Å²) in [6.45, 7) is 5.77. The Morgan fingerprint density at radius 2 is 2.00 bits per heavy atom. The smallest absolute Gasteiger partial charge is 0.123 e. The van der Waals surface area contributed by atoms with Crippen molar-refractivity contribution in [2.75, 3.05) is 13.7 Å². The van der Waals surface area contributed by atoms with E-state index in [0.717, 1.165) is 30.2 Å². The van der Waals surface area contributed by atoms with Crippen LogP contribution in [0.3, 0.4) is 0 Å². The molecule has 2 unspecified atom stereocenters. The van der Waals surface area contributed by atoms with Crippen LogP contribution in [-0.2, 0) is 6.54 Å². The number of likely N-dealkylation sites (N-methyl/N-ethyl adjacent to an activating group) is 1. The Hall–Kier alpha value is -1.78. The van der Waals surface area contributed by atoms with Crippen molar-refractivity contribution in [3.8, 4) is 5.75 Å². The maximum Gasteiger partial charge on any atom is 0.123 e. The summed E-state index contributed by atoms with van der Waals surface area (Å²) < 4.78 is 11.0. The lowest BCUT2D eigenvalue weighted by molar-refractivity contribution is 0.161. The van der Waals surface area contributed by atoms with E-state index in [9.17, 15) is 0 Å². The number of hydrogen-bond acceptors (Lipinski definition) is 4. The summed E-state index contributed by atoms with van der Waals surface area (Å²) in [6.07, 6.45) is 1.70. The van der Waals surface area contributed by atoms with Gasteiger partial charge in [0.15, 0.2) is 0 Å². The van der Waals surface area contributed by atoms with Crippen molar-refractivity contribution in [1.29, 1.82) is 0 Å². The molecule has 0 aliphatic heterocycles. The first-order valence-electron chi connectivity index (χ1n) is 7.32. The van der Waals surface area contributed by atoms with Crippen molar-refractivity contribution in [1.82, 2.24) is 4.90 Å². The lowest BCUT2D eigenvalue weighted by atomic mass is 9.98. The summed E-state index contributed by atoms with van der Waals surface area (Å²) >= 11 is 0. The van der Waals surface area contributed by atoms with E-state index >= 15 is 0 Å². The molecule has 1 aromatic heterocycles. The molecule has 1 aromatic carbocycles. The third kappa shape index (κ3) is 3.65. The molecule has 2 atom stereocenters. The van der Waals surface area contributed by atoms with Crippen LogP contribution in [0.25, 0.3) is 0 Å². The van der Waals surface area contributed by atoms with Crippen LogP contribution < -0.4 is 10.5 Å². The second-order valence-corrected chi connectivity index (χ2v) is 5.19. The van der Waals surface area contributed by atoms with E-state index in [1.165, 1.54) is 0 Å². The van der Waals surface area contributed by atoms with Crippen LogP contribution >= 0.6 is 0 Å². The van der Waals surface area contributed by atoms with Crippen LogP contribution in [0.2, 0.25) is 0 Å². The number of methoxy groups -OCH3 is 1. The van der Waals surface area contributed by atoms with E-state index < -0.39 is 0 Å². The number of ether oxygens (including phenoxy) is 1. The molecule has 1 heterocycles. The highest BCUT2D eigenvalue weighted by Crippen LogP contribution is 2.32. The molecule has 4 heteroatoms. The normalized spacial score (nSPS) is 14.1. The summed E-state index contributed by atoms with van der Waals surface area (Å²) in [5, 5.41) is 0. The summed E-state index contributed by atoms with van der Waals surface area (Å²) in [5.74, 6) is 1.81. The van der Waals surface area contributed by atoms with Gasteiger partial charge in [0.2, 0.25) is 0 Å². The number of nitrogens with two attached hydrogens (primary N) is 1. The van der Waals surface area contributed by atoms with E-state index in [0.29, 0.717) is 0 Å². The second-order valence-electron chi connectivity index (χ2n) is 5.19. The molecule has 0 aliphatic carbocycles. The predicted molar refractivity (Wildman–Crippen MR) is 84.2 cm³/mol. The van der Waals surface area contributed by atoms with Crippen LogP contribution in [0.15, 0.2) is 47.1 Å². The molecule has 0 amide bonds. The fourth-order valence-corrected chi connectivity index (χ4v) is 2.73. The third-order valence-electron chi connectivity index (χ3n) is 3.69. The monoisotopic (exact) mass is 288 g/mol. The maximum absolute atomic E-state index is 6.27. The molecule has 2 N–H and O–H groups in total. The fourth-order valence-electron chi connectivity index (χ4n) is 2.73. The molecule has 2 aromatic rings. The van der Waals surface area contributed by atoms with E-state index in [-0.39, 0.29) is 12.1 Å². The van der Waals surface area contributed by atoms with E-state index in [1.54, 1.807) is 13.4 Å². The van der Waals surface area contributed by atoms with E-state index in [2.05, 4.69) is 17.9 Å². The van der Waals surface area contributed by atoms with Crippen molar-refractivity contribution in [3.05, 3.63) is 54.0 Å². The molecule has 114 valence electrons. The zero-order valence-electron chi connectivity index (χ0n) is 13.0. The lowest BCUT2D eigenvalue weighted by Gasteiger charge is -2.34. The summed E-state index contributed by atoms with van der Waals surface area (Å²) in [5.41, 5.74) is 7.38. The first kappa shape index (κ1) is 15.6. The highest BCUT2D eigenvalue weighted by Gasteiger charge is 2.26. The quantitative estimate of drug-likeness (QED) is 0.850. The van der Waals surface area contributed by atoms with Gasteiger partial charge in [-0.3, -0.25) is 4.90 Å². The molecule has 2 rings (SSSR count). The highest BCUT2D eigenvalue weighted by atomic mass is 16.5. The van der Waals surface area contributed by atoms with Crippen LogP contribution in [0.1, 0.15) is 31.2 Å². The molecule has 21 heavy (non-hydrogen) atoms. The van der Waals surface area contributed by atoms with Gasteiger partial charge >= 0.3 is 0 Å². The predicted octanol–water partition coefficient (Wildman–Crippen LogP) is 3.20. The van der Waals surface area contributed by atoms with Gasteiger partial charge in [-0.05, 0) is 31.7 Å². The highest BCUT2D eigenvalue weighted by molar-refractivity contribution is 5.36. The Bertz CT molecular complexity index is 537. The number of rotatable bonds is 7. The van der Waals surface area contributed by atoms with Gasteiger partial charge in [-0.15, -0.1) is 0 Å². The molecular formula is C17H24N2O2. The first-order valence-corrected chi connectivity index (χ1v) is 7.32. The van der Waals surface area contributed by atoms with Crippen LogP contribution in [-0.4, -0.2) is 24.6 Å². The van der Waals surface area contributed by atoms with Gasteiger partial charge in [-0.25, -0.2) is 0 Å². The van der Waals surface area contributed by atoms with Gasteiger partial charge in [-0.2, -0.15) is 0 Å². The third-order valence-corrected chi connectivity index (χ3v) is 3.69. The fraction of sp³-hybridized carbons (Fsp3) is 0.412. The molecule has 0 fully saturated rings. The number of hydrogen-bond donors (Lipinski definition) is 1. The van der Waals surface area contributed by atoms with Gasteiger partial charge in [0.05, 0.1) is 26.0 Å². The zero-order valence-corrected chi connectivity index (χ0v) is 13.0. The topological polar surface area (TPSA) is 51.6 Å². The largest absolute Gasteiger partial charge is 0.496 e. The minimum atomic E-state index is -0.0174. The maximum atomic E-state index is 6.27. The number of para-hydroxylation sites is 1. The average Bonchev–Trinajstić information content (AvgIpc) is 2.99. The Balaban J connectivity index is 2.32. The van der Waals surface area contributed by atoms with Crippen molar-refractivity contribution >= 4 is 0 Å². The van der Waals surface area contributed by atoms with Crippen LogP contribution in [0, 0.1) is 0 Å². The molecule has 0 spiro atoms. The molecular weight excluding hydrogens is 264 g/mol. The lowest BCUT2D eigenvalue weighted by Crippen LogP contribution is -2.39. The SMILES string of the molecule is CCN(Cc1ccco1)C(c1ccccc1OC)C(C)N. The molecule has 4 nitrogen and oxygen atoms in total. The zero-order chi connectivity index (χ0) is 15.2. The van der Waals surface area contributed by atoms with Crippen LogP contribution in [0.5, 0.6) is 5.75 Å².